The van der Waals surface area contributed by atoms with E-state index in [2.05, 4.69) is 43.7 Å². The molecule has 3 aromatic rings. The predicted octanol–water partition coefficient (Wildman–Crippen LogP) is 4.34. The average Bonchev–Trinajstić information content (AvgIpc) is 3.14. The normalized spacial score (nSPS) is 15.9. The van der Waals surface area contributed by atoms with Gasteiger partial charge in [-0.25, -0.2) is 20.5 Å². The molecule has 8 nitrogen and oxygen atoms in total. The highest BCUT2D eigenvalue weighted by atomic mass is 15.1. The first kappa shape index (κ1) is 18.8. The summed E-state index contributed by atoms with van der Waals surface area (Å²) in [6.07, 6.45) is 8.53. The Morgan fingerprint density at radius 3 is 2.83 bits per heavy atom. The average molecular weight is 388 g/mol. The first-order chi connectivity index (χ1) is 14.1. The van der Waals surface area contributed by atoms with Gasteiger partial charge in [-0.2, -0.15) is 5.11 Å². The van der Waals surface area contributed by atoms with Crippen molar-refractivity contribution in [1.29, 1.82) is 5.53 Å². The fourth-order valence-electron chi connectivity index (χ4n) is 3.90. The molecule has 0 aromatic carbocycles. The summed E-state index contributed by atoms with van der Waals surface area (Å²) >= 11 is 0. The lowest BCUT2D eigenvalue weighted by atomic mass is 10.00. The van der Waals surface area contributed by atoms with Gasteiger partial charge in [-0.05, 0) is 59.9 Å². The zero-order valence-corrected chi connectivity index (χ0v) is 16.5. The zero-order chi connectivity index (χ0) is 20.4. The highest BCUT2D eigenvalue weighted by molar-refractivity contribution is 5.93. The van der Waals surface area contributed by atoms with Gasteiger partial charge in [0.1, 0.15) is 17.5 Å². The van der Waals surface area contributed by atoms with E-state index in [1.807, 2.05) is 18.3 Å². The van der Waals surface area contributed by atoms with E-state index in [-0.39, 0.29) is 0 Å². The molecule has 4 rings (SSSR count). The molecule has 1 aliphatic carbocycles. The van der Waals surface area contributed by atoms with Gasteiger partial charge in [-0.15, -0.1) is 0 Å². The van der Waals surface area contributed by atoms with Crippen molar-refractivity contribution in [3.05, 3.63) is 53.6 Å². The van der Waals surface area contributed by atoms with Gasteiger partial charge in [0, 0.05) is 24.8 Å². The quantitative estimate of drug-likeness (QED) is 0.466. The molecule has 3 heterocycles. The largest absolute Gasteiger partial charge is 0.385 e. The number of nitrogens with two attached hydrogens (primary N) is 1. The lowest BCUT2D eigenvalue weighted by Crippen LogP contribution is -2.08. The van der Waals surface area contributed by atoms with Crippen LogP contribution in [0.15, 0.2) is 41.9 Å². The molecule has 29 heavy (non-hydrogen) atoms. The van der Waals surface area contributed by atoms with Crippen LogP contribution in [-0.4, -0.2) is 22.0 Å². The fraction of sp³-hybridized carbons (Fsp3) is 0.286. The molecule has 0 unspecified atom stereocenters. The number of nitrogens with zero attached hydrogens (tertiary/aromatic N) is 4. The van der Waals surface area contributed by atoms with Crippen molar-refractivity contribution in [2.75, 3.05) is 18.1 Å². The van der Waals surface area contributed by atoms with Crippen molar-refractivity contribution < 1.29 is 0 Å². The third kappa shape index (κ3) is 3.61. The van der Waals surface area contributed by atoms with Crippen molar-refractivity contribution in [3.63, 3.8) is 0 Å². The molecule has 0 radical (unpaired) electrons. The van der Waals surface area contributed by atoms with Gasteiger partial charge < -0.3 is 16.4 Å². The Balaban J connectivity index is 1.69. The Labute approximate surface area is 169 Å². The van der Waals surface area contributed by atoms with Crippen LogP contribution >= 0.6 is 0 Å². The first-order valence-electron chi connectivity index (χ1n) is 9.70. The number of nitrogen functional groups attached to an aromatic ring is 1. The molecule has 0 aliphatic heterocycles. The molecule has 3 aromatic heterocycles. The van der Waals surface area contributed by atoms with E-state index in [0.29, 0.717) is 28.9 Å². The predicted molar refractivity (Wildman–Crippen MR) is 115 cm³/mol. The van der Waals surface area contributed by atoms with Crippen molar-refractivity contribution in [2.45, 2.75) is 32.1 Å². The number of nitrogens with one attached hydrogen (secondary N) is 3. The van der Waals surface area contributed by atoms with Crippen molar-refractivity contribution in [1.82, 2.24) is 20.3 Å². The summed E-state index contributed by atoms with van der Waals surface area (Å²) < 4.78 is 0. The molecule has 8 heteroatoms. The maximum Gasteiger partial charge on any atom is 0.133 e. The van der Waals surface area contributed by atoms with Crippen LogP contribution in [0.25, 0.3) is 16.5 Å². The van der Waals surface area contributed by atoms with E-state index in [1.54, 1.807) is 13.2 Å². The van der Waals surface area contributed by atoms with Crippen LogP contribution in [0.3, 0.4) is 0 Å². The Bertz CT molecular complexity index is 1110. The number of anilines is 3. The third-order valence-corrected chi connectivity index (χ3v) is 5.46. The first-order valence-corrected chi connectivity index (χ1v) is 9.70. The monoisotopic (exact) mass is 388 g/mol. The molecule has 0 amide bonds. The number of hydrogen-bond donors (Lipinski definition) is 4. The van der Waals surface area contributed by atoms with Gasteiger partial charge in [0.15, 0.2) is 0 Å². The second-order valence-electron chi connectivity index (χ2n) is 7.14. The minimum absolute atomic E-state index is 0.379. The summed E-state index contributed by atoms with van der Waals surface area (Å²) in [5.74, 6) is 2.47. The Kier molecular flexibility index (Phi) is 5.07. The van der Waals surface area contributed by atoms with Crippen LogP contribution in [0.2, 0.25) is 0 Å². The molecule has 5 N–H and O–H groups in total. The number of pyridine rings is 3. The Morgan fingerprint density at radius 2 is 2.07 bits per heavy atom. The topological polar surface area (TPSA) is 125 Å². The van der Waals surface area contributed by atoms with Crippen LogP contribution in [0, 0.1) is 5.53 Å². The SMILES string of the molecule is CC[C@@H]1CCc2cnc(Nc3cc4cc(/C(=C/N=N)NC)nc(N)c4cn3)cc21. The smallest absolute Gasteiger partial charge is 0.133 e. The van der Waals surface area contributed by atoms with E-state index in [0.717, 1.165) is 29.4 Å². The van der Waals surface area contributed by atoms with Gasteiger partial charge in [-0.3, -0.25) is 0 Å². The van der Waals surface area contributed by atoms with Gasteiger partial charge in [0.05, 0.1) is 17.6 Å². The summed E-state index contributed by atoms with van der Waals surface area (Å²) in [4.78, 5) is 13.4. The number of aryl methyl sites for hydroxylation is 1. The molecule has 0 bridgehead atoms. The molecule has 0 saturated carbocycles. The van der Waals surface area contributed by atoms with E-state index in [1.165, 1.54) is 23.7 Å². The van der Waals surface area contributed by atoms with E-state index in [9.17, 15) is 0 Å². The van der Waals surface area contributed by atoms with Gasteiger partial charge >= 0.3 is 0 Å². The summed E-state index contributed by atoms with van der Waals surface area (Å²) in [6.45, 7) is 2.23. The molecular weight excluding hydrogens is 364 g/mol. The van der Waals surface area contributed by atoms with Gasteiger partial charge in [0.2, 0.25) is 0 Å². The number of rotatable bonds is 6. The molecule has 0 spiro atoms. The van der Waals surface area contributed by atoms with Crippen LogP contribution in [0.4, 0.5) is 17.5 Å². The summed E-state index contributed by atoms with van der Waals surface area (Å²) in [5, 5.41) is 11.3. The lowest BCUT2D eigenvalue weighted by molar-refractivity contribution is 0.656. The Hall–Kier alpha value is -3.55. The number of hydrogen-bond acceptors (Lipinski definition) is 8. The van der Waals surface area contributed by atoms with Crippen LogP contribution < -0.4 is 16.4 Å². The number of fused-ring (bicyclic) bond motifs is 2. The third-order valence-electron chi connectivity index (χ3n) is 5.46. The lowest BCUT2D eigenvalue weighted by Gasteiger charge is -2.12. The summed E-state index contributed by atoms with van der Waals surface area (Å²) in [7, 11) is 1.75. The highest BCUT2D eigenvalue weighted by Crippen LogP contribution is 2.36. The van der Waals surface area contributed by atoms with Gasteiger partial charge in [-0.1, -0.05) is 6.92 Å². The van der Waals surface area contributed by atoms with Gasteiger partial charge in [0.25, 0.3) is 0 Å². The second kappa shape index (κ2) is 7.83. The minimum Gasteiger partial charge on any atom is -0.385 e. The molecule has 1 atom stereocenters. The molecule has 0 fully saturated rings. The number of aromatic nitrogens is 3. The highest BCUT2D eigenvalue weighted by Gasteiger charge is 2.21. The zero-order valence-electron chi connectivity index (χ0n) is 16.5. The van der Waals surface area contributed by atoms with E-state index >= 15 is 0 Å². The van der Waals surface area contributed by atoms with Crippen LogP contribution in [-0.2, 0) is 6.42 Å². The maximum atomic E-state index is 7.06. The van der Waals surface area contributed by atoms with Crippen molar-refractivity contribution in [2.24, 2.45) is 5.11 Å². The molecule has 1 aliphatic rings. The maximum absolute atomic E-state index is 7.06. The summed E-state index contributed by atoms with van der Waals surface area (Å²) in [6, 6.07) is 5.97. The second-order valence-corrected chi connectivity index (χ2v) is 7.14. The van der Waals surface area contributed by atoms with Crippen molar-refractivity contribution in [3.8, 4) is 0 Å². The molecular formula is C21H24N8. The van der Waals surface area contributed by atoms with Crippen molar-refractivity contribution >= 4 is 33.9 Å². The minimum atomic E-state index is 0.379. The summed E-state index contributed by atoms with van der Waals surface area (Å²) in [5.41, 5.74) is 17.2. The van der Waals surface area contributed by atoms with E-state index < -0.39 is 0 Å². The standard InChI is InChI=1S/C21H24N8/c1-3-12-4-5-13-9-25-20(8-15(12)13)29-19-7-14-6-17(18(24-2)11-27-23)28-21(22)16(14)10-26-19/h6-12,23-24H,3-5H2,1-2H3,(H2,22,28)(H,25,26,29)/b18-11-,27-23?/t12-/m1/s1. The van der Waals surface area contributed by atoms with Crippen LogP contribution in [0.5, 0.6) is 0 Å². The molecule has 148 valence electrons. The van der Waals surface area contributed by atoms with Crippen LogP contribution in [0.1, 0.15) is 42.5 Å². The Morgan fingerprint density at radius 1 is 1.28 bits per heavy atom. The fourth-order valence-corrected chi connectivity index (χ4v) is 3.90. The molecule has 0 saturated heterocycles. The van der Waals surface area contributed by atoms with E-state index in [4.69, 9.17) is 11.3 Å².